The molecule has 0 amide bonds. The summed E-state index contributed by atoms with van der Waals surface area (Å²) in [5.74, 6) is -0.428. The molecule has 0 saturated heterocycles. The van der Waals surface area contributed by atoms with Crippen LogP contribution in [0.25, 0.3) is 0 Å². The second kappa shape index (κ2) is 3.21. The smallest absolute Gasteiger partial charge is 0.331 e. The molecule has 3 heteroatoms. The van der Waals surface area contributed by atoms with Gasteiger partial charge in [0.05, 0.1) is 7.11 Å². The van der Waals surface area contributed by atoms with Gasteiger partial charge in [-0.1, -0.05) is 0 Å². The maximum absolute atomic E-state index is 10.0. The van der Waals surface area contributed by atoms with Crippen LogP contribution in [0.3, 0.4) is 0 Å². The number of esters is 1. The molecule has 0 aliphatic carbocycles. The molecule has 0 unspecified atom stereocenters. The van der Waals surface area contributed by atoms with Gasteiger partial charge in [-0.25, -0.2) is 4.79 Å². The average Bonchev–Trinajstić information content (AvgIpc) is 1.68. The fourth-order valence-electron chi connectivity index (χ4n) is 0.147. The summed E-state index contributed by atoms with van der Waals surface area (Å²) in [6.07, 6.45) is 2.27. The van der Waals surface area contributed by atoms with E-state index in [0.29, 0.717) is 0 Å². The van der Waals surface area contributed by atoms with Crippen molar-refractivity contribution in [3.8, 4) is 0 Å². The van der Waals surface area contributed by atoms with E-state index in [2.05, 4.69) is 4.74 Å². The molecule has 0 saturated carbocycles. The molecule has 0 atom stereocenters. The van der Waals surface area contributed by atoms with Gasteiger partial charge >= 0.3 is 5.97 Å². The van der Waals surface area contributed by atoms with Crippen molar-refractivity contribution >= 4 is 5.97 Å². The zero-order valence-electron chi connectivity index (χ0n) is 4.05. The largest absolute Gasteiger partial charge is 0.466 e. The van der Waals surface area contributed by atoms with Crippen LogP contribution >= 0.6 is 0 Å². The molecule has 0 aromatic heterocycles. The van der Waals surface area contributed by atoms with Gasteiger partial charge in [-0.2, -0.15) is 0 Å². The normalized spacial score (nSPS) is 9.29. The fraction of sp³-hybridized carbons (Fsp3) is 0.250. The Bertz CT molecular complexity index is 87.7. The third kappa shape index (κ3) is 2.82. The topological polar surface area (TPSA) is 52.3 Å². The molecule has 0 aliphatic heterocycles. The van der Waals surface area contributed by atoms with Gasteiger partial charge in [0.1, 0.15) is 0 Å². The van der Waals surface area contributed by atoms with Crippen LogP contribution < -0.4 is 5.73 Å². The first-order valence-corrected chi connectivity index (χ1v) is 1.77. The molecule has 0 rings (SSSR count). The van der Waals surface area contributed by atoms with E-state index in [9.17, 15) is 4.79 Å². The van der Waals surface area contributed by atoms with Crippen LogP contribution in [0.5, 0.6) is 0 Å². The van der Waals surface area contributed by atoms with Crippen LogP contribution in [-0.4, -0.2) is 13.1 Å². The van der Waals surface area contributed by atoms with Gasteiger partial charge < -0.3 is 10.5 Å². The number of ether oxygens (including phenoxy) is 1. The van der Waals surface area contributed by atoms with Crippen molar-refractivity contribution in [1.29, 1.82) is 0 Å². The van der Waals surface area contributed by atoms with Gasteiger partial charge in [0, 0.05) is 12.3 Å². The van der Waals surface area contributed by atoms with Crippen LogP contribution in [0.4, 0.5) is 0 Å². The molecule has 0 aromatic rings. The molecule has 0 aliphatic rings. The van der Waals surface area contributed by atoms with E-state index in [1.165, 1.54) is 7.11 Å². The van der Waals surface area contributed by atoms with E-state index in [4.69, 9.17) is 5.73 Å². The summed E-state index contributed by atoms with van der Waals surface area (Å²) in [7, 11) is 1.29. The minimum Gasteiger partial charge on any atom is -0.466 e. The number of nitrogens with two attached hydrogens (primary N) is 1. The van der Waals surface area contributed by atoms with E-state index in [1.54, 1.807) is 0 Å². The van der Waals surface area contributed by atoms with Gasteiger partial charge in [0.2, 0.25) is 0 Å². The number of carbonyl (C=O) groups is 1. The third-order valence-electron chi connectivity index (χ3n) is 0.433. The molecule has 0 radical (unpaired) electrons. The van der Waals surface area contributed by atoms with Gasteiger partial charge in [-0.3, -0.25) is 0 Å². The SMILES string of the molecule is COC(=O)/C=C/N. The lowest BCUT2D eigenvalue weighted by atomic mass is 10.6. The Balaban J connectivity index is 3.37. The van der Waals surface area contributed by atoms with Crippen molar-refractivity contribution in [1.82, 2.24) is 0 Å². The molecule has 0 aromatic carbocycles. The minimum atomic E-state index is -0.428. The van der Waals surface area contributed by atoms with Crippen molar-refractivity contribution < 1.29 is 9.53 Å². The molecule has 0 bridgehead atoms. The molecule has 2 N–H and O–H groups in total. The molecule has 0 heterocycles. The Morgan fingerprint density at radius 2 is 2.43 bits per heavy atom. The lowest BCUT2D eigenvalue weighted by Crippen LogP contribution is -1.94. The highest BCUT2D eigenvalue weighted by Crippen LogP contribution is 1.70. The molecule has 0 spiro atoms. The highest BCUT2D eigenvalue weighted by atomic mass is 16.5. The van der Waals surface area contributed by atoms with Crippen LogP contribution in [0.2, 0.25) is 0 Å². The molecule has 40 valence electrons. The maximum atomic E-state index is 10.0. The summed E-state index contributed by atoms with van der Waals surface area (Å²) in [5, 5.41) is 0. The van der Waals surface area contributed by atoms with Gasteiger partial charge in [-0.15, -0.1) is 0 Å². The van der Waals surface area contributed by atoms with Crippen LogP contribution in [0.1, 0.15) is 0 Å². The molecular weight excluding hydrogens is 94.0 g/mol. The Labute approximate surface area is 41.8 Å². The van der Waals surface area contributed by atoms with E-state index in [1.807, 2.05) is 0 Å². The summed E-state index contributed by atoms with van der Waals surface area (Å²) in [6, 6.07) is 0. The fourth-order valence-corrected chi connectivity index (χ4v) is 0.147. The first-order valence-electron chi connectivity index (χ1n) is 1.77. The zero-order chi connectivity index (χ0) is 5.70. The van der Waals surface area contributed by atoms with Crippen molar-refractivity contribution in [3.05, 3.63) is 12.3 Å². The van der Waals surface area contributed by atoms with Crippen LogP contribution in [-0.2, 0) is 9.53 Å². The van der Waals surface area contributed by atoms with E-state index < -0.39 is 5.97 Å². The number of hydrogen-bond donors (Lipinski definition) is 1. The monoisotopic (exact) mass is 101 g/mol. The Morgan fingerprint density at radius 3 is 2.57 bits per heavy atom. The Morgan fingerprint density at radius 1 is 1.86 bits per heavy atom. The first kappa shape index (κ1) is 6.01. The maximum Gasteiger partial charge on any atom is 0.331 e. The quantitative estimate of drug-likeness (QED) is 0.362. The number of rotatable bonds is 1. The summed E-state index contributed by atoms with van der Waals surface area (Å²) < 4.78 is 4.18. The van der Waals surface area contributed by atoms with Crippen molar-refractivity contribution in [3.63, 3.8) is 0 Å². The summed E-state index contributed by atoms with van der Waals surface area (Å²) >= 11 is 0. The lowest BCUT2D eigenvalue weighted by Gasteiger charge is -1.84. The predicted molar refractivity (Wildman–Crippen MR) is 25.3 cm³/mol. The van der Waals surface area contributed by atoms with Crippen molar-refractivity contribution in [2.45, 2.75) is 0 Å². The van der Waals surface area contributed by atoms with E-state index in [0.717, 1.165) is 12.3 Å². The number of carbonyl (C=O) groups excluding carboxylic acids is 1. The van der Waals surface area contributed by atoms with Gasteiger partial charge in [0.25, 0.3) is 0 Å². The third-order valence-corrected chi connectivity index (χ3v) is 0.433. The van der Waals surface area contributed by atoms with Crippen LogP contribution in [0, 0.1) is 0 Å². The zero-order valence-corrected chi connectivity index (χ0v) is 4.05. The first-order chi connectivity index (χ1) is 3.31. The highest BCUT2D eigenvalue weighted by molar-refractivity contribution is 5.81. The summed E-state index contributed by atoms with van der Waals surface area (Å²) in [4.78, 5) is 10.0. The average molecular weight is 101 g/mol. The summed E-state index contributed by atoms with van der Waals surface area (Å²) in [5.41, 5.74) is 4.82. The number of methoxy groups -OCH3 is 1. The van der Waals surface area contributed by atoms with Gasteiger partial charge in [0.15, 0.2) is 0 Å². The van der Waals surface area contributed by atoms with Gasteiger partial charge in [-0.05, 0) is 0 Å². The minimum absolute atomic E-state index is 0.428. The van der Waals surface area contributed by atoms with E-state index >= 15 is 0 Å². The second-order valence-electron chi connectivity index (χ2n) is 0.882. The summed E-state index contributed by atoms with van der Waals surface area (Å²) in [6.45, 7) is 0. The predicted octanol–water partition coefficient (Wildman–Crippen LogP) is -0.368. The molecule has 3 nitrogen and oxygen atoms in total. The Kier molecular flexibility index (Phi) is 2.76. The van der Waals surface area contributed by atoms with Crippen LogP contribution in [0.15, 0.2) is 12.3 Å². The lowest BCUT2D eigenvalue weighted by molar-refractivity contribution is -0.134. The van der Waals surface area contributed by atoms with Crippen molar-refractivity contribution in [2.24, 2.45) is 5.73 Å². The van der Waals surface area contributed by atoms with Crippen molar-refractivity contribution in [2.75, 3.05) is 7.11 Å². The molecule has 7 heavy (non-hydrogen) atoms. The number of hydrogen-bond acceptors (Lipinski definition) is 3. The highest BCUT2D eigenvalue weighted by Gasteiger charge is 1.84. The molecular formula is C4H7NO2. The van der Waals surface area contributed by atoms with E-state index in [-0.39, 0.29) is 0 Å². The second-order valence-corrected chi connectivity index (χ2v) is 0.882. The Hall–Kier alpha value is -0.990. The molecule has 0 fully saturated rings. The standard InChI is InChI=1S/C4H7NO2/c1-7-4(6)2-3-5/h2-3H,5H2,1H3/b3-2+.